The highest BCUT2D eigenvalue weighted by Crippen LogP contribution is 2.26. The molecular weight excluding hydrogens is 268 g/mol. The summed E-state index contributed by atoms with van der Waals surface area (Å²) in [5.41, 5.74) is 0. The van der Waals surface area contributed by atoms with Crippen LogP contribution in [0.25, 0.3) is 0 Å². The van der Waals surface area contributed by atoms with Crippen LogP contribution in [0.5, 0.6) is 5.75 Å². The first kappa shape index (κ1) is 13.5. The SMILES string of the molecule is Cc1ccc(C(COc2ccccc2Cl)C(=O)O)o1. The zero-order chi connectivity index (χ0) is 13.8. The second kappa shape index (κ2) is 5.80. The van der Waals surface area contributed by atoms with Gasteiger partial charge in [0.05, 0.1) is 5.02 Å². The lowest BCUT2D eigenvalue weighted by atomic mass is 10.1. The van der Waals surface area contributed by atoms with Gasteiger partial charge in [0.15, 0.2) is 0 Å². The highest BCUT2D eigenvalue weighted by molar-refractivity contribution is 6.32. The number of hydrogen-bond acceptors (Lipinski definition) is 3. The van der Waals surface area contributed by atoms with Crippen molar-refractivity contribution >= 4 is 17.6 Å². The van der Waals surface area contributed by atoms with E-state index in [0.29, 0.717) is 22.3 Å². The van der Waals surface area contributed by atoms with Crippen LogP contribution in [0, 0.1) is 6.92 Å². The quantitative estimate of drug-likeness (QED) is 0.911. The van der Waals surface area contributed by atoms with Crippen molar-refractivity contribution < 1.29 is 19.1 Å². The molecule has 5 heteroatoms. The summed E-state index contributed by atoms with van der Waals surface area (Å²) in [7, 11) is 0. The van der Waals surface area contributed by atoms with E-state index in [1.807, 2.05) is 0 Å². The summed E-state index contributed by atoms with van der Waals surface area (Å²) < 4.78 is 10.8. The number of benzene rings is 1. The molecule has 0 aliphatic rings. The van der Waals surface area contributed by atoms with Gasteiger partial charge in [-0.3, -0.25) is 4.79 Å². The third-order valence-corrected chi connectivity index (χ3v) is 2.96. The van der Waals surface area contributed by atoms with Crippen molar-refractivity contribution in [2.45, 2.75) is 12.8 Å². The van der Waals surface area contributed by atoms with Crippen molar-refractivity contribution in [1.29, 1.82) is 0 Å². The zero-order valence-corrected chi connectivity index (χ0v) is 11.1. The maximum Gasteiger partial charge on any atom is 0.317 e. The topological polar surface area (TPSA) is 59.7 Å². The number of para-hydroxylation sites is 1. The Kier molecular flexibility index (Phi) is 4.12. The summed E-state index contributed by atoms with van der Waals surface area (Å²) in [6.07, 6.45) is 0. The first-order chi connectivity index (χ1) is 9.08. The molecule has 0 fully saturated rings. The number of carbonyl (C=O) groups is 1. The molecule has 100 valence electrons. The third-order valence-electron chi connectivity index (χ3n) is 2.64. The first-order valence-electron chi connectivity index (χ1n) is 5.74. The summed E-state index contributed by atoms with van der Waals surface area (Å²) in [6.45, 7) is 1.73. The molecule has 0 aliphatic heterocycles. The van der Waals surface area contributed by atoms with E-state index in [2.05, 4.69) is 0 Å². The number of aliphatic carboxylic acids is 1. The van der Waals surface area contributed by atoms with Gasteiger partial charge in [-0.2, -0.15) is 0 Å². The van der Waals surface area contributed by atoms with Gasteiger partial charge in [-0.25, -0.2) is 0 Å². The Labute approximate surface area is 115 Å². The molecule has 0 spiro atoms. The van der Waals surface area contributed by atoms with Gasteiger partial charge in [0.2, 0.25) is 0 Å². The van der Waals surface area contributed by atoms with Gasteiger partial charge >= 0.3 is 5.97 Å². The largest absolute Gasteiger partial charge is 0.491 e. The fraction of sp³-hybridized carbons (Fsp3) is 0.214. The number of carboxylic acids is 1. The van der Waals surface area contributed by atoms with Crippen LogP contribution in [0.2, 0.25) is 5.02 Å². The molecule has 1 aromatic carbocycles. The maximum atomic E-state index is 11.2. The Morgan fingerprint density at radius 1 is 1.37 bits per heavy atom. The van der Waals surface area contributed by atoms with E-state index in [-0.39, 0.29) is 6.61 Å². The van der Waals surface area contributed by atoms with Crippen molar-refractivity contribution in [3.05, 3.63) is 52.9 Å². The second-order valence-electron chi connectivity index (χ2n) is 4.08. The fourth-order valence-electron chi connectivity index (χ4n) is 1.65. The van der Waals surface area contributed by atoms with Gasteiger partial charge in [0, 0.05) is 0 Å². The van der Waals surface area contributed by atoms with Gasteiger partial charge in [-0.1, -0.05) is 23.7 Å². The standard InChI is InChI=1S/C14H13ClO4/c1-9-6-7-12(19-9)10(14(16)17)8-18-13-5-3-2-4-11(13)15/h2-7,10H,8H2,1H3,(H,16,17). The van der Waals surface area contributed by atoms with Crippen LogP contribution in [-0.4, -0.2) is 17.7 Å². The normalized spacial score (nSPS) is 12.1. The van der Waals surface area contributed by atoms with Crippen molar-refractivity contribution in [1.82, 2.24) is 0 Å². The van der Waals surface area contributed by atoms with E-state index < -0.39 is 11.9 Å². The molecule has 1 atom stereocenters. The summed E-state index contributed by atoms with van der Waals surface area (Å²) >= 11 is 5.94. The van der Waals surface area contributed by atoms with E-state index in [1.54, 1.807) is 43.3 Å². The van der Waals surface area contributed by atoms with Crippen LogP contribution in [-0.2, 0) is 4.79 Å². The van der Waals surface area contributed by atoms with Crippen LogP contribution in [0.3, 0.4) is 0 Å². The Morgan fingerprint density at radius 2 is 2.11 bits per heavy atom. The smallest absolute Gasteiger partial charge is 0.317 e. The highest BCUT2D eigenvalue weighted by Gasteiger charge is 2.24. The fourth-order valence-corrected chi connectivity index (χ4v) is 1.84. The predicted octanol–water partition coefficient (Wildman–Crippen LogP) is 3.49. The molecule has 1 N–H and O–H groups in total. The average molecular weight is 281 g/mol. The molecule has 19 heavy (non-hydrogen) atoms. The lowest BCUT2D eigenvalue weighted by Crippen LogP contribution is -2.19. The van der Waals surface area contributed by atoms with Crippen LogP contribution in [0.4, 0.5) is 0 Å². The van der Waals surface area contributed by atoms with Crippen molar-refractivity contribution in [2.24, 2.45) is 0 Å². The molecule has 1 unspecified atom stereocenters. The van der Waals surface area contributed by atoms with Gasteiger partial charge in [-0.05, 0) is 31.2 Å². The molecule has 1 aromatic heterocycles. The van der Waals surface area contributed by atoms with Gasteiger partial charge in [0.25, 0.3) is 0 Å². The summed E-state index contributed by atoms with van der Waals surface area (Å²) in [5.74, 6) is -0.360. The van der Waals surface area contributed by atoms with Gasteiger partial charge in [0.1, 0.15) is 29.8 Å². The van der Waals surface area contributed by atoms with Gasteiger partial charge in [-0.15, -0.1) is 0 Å². The average Bonchev–Trinajstić information content (AvgIpc) is 2.78. The van der Waals surface area contributed by atoms with E-state index in [4.69, 9.17) is 20.8 Å². The van der Waals surface area contributed by atoms with Crippen molar-refractivity contribution in [3.63, 3.8) is 0 Å². The minimum absolute atomic E-state index is 0.0357. The van der Waals surface area contributed by atoms with Gasteiger partial charge < -0.3 is 14.3 Å². The van der Waals surface area contributed by atoms with Crippen LogP contribution in [0.15, 0.2) is 40.8 Å². The molecular formula is C14H13ClO4. The van der Waals surface area contributed by atoms with Crippen LogP contribution in [0.1, 0.15) is 17.4 Å². The highest BCUT2D eigenvalue weighted by atomic mass is 35.5. The number of halogens is 1. The molecule has 2 aromatic rings. The second-order valence-corrected chi connectivity index (χ2v) is 4.49. The summed E-state index contributed by atoms with van der Waals surface area (Å²) in [6, 6.07) is 10.3. The Bertz CT molecular complexity index is 576. The molecule has 0 aliphatic carbocycles. The van der Waals surface area contributed by atoms with E-state index in [1.165, 1.54) is 0 Å². The Hall–Kier alpha value is -1.94. The van der Waals surface area contributed by atoms with Crippen LogP contribution < -0.4 is 4.74 Å². The monoisotopic (exact) mass is 280 g/mol. The summed E-state index contributed by atoms with van der Waals surface area (Å²) in [4.78, 5) is 11.2. The van der Waals surface area contributed by atoms with E-state index in [9.17, 15) is 9.90 Å². The number of aryl methyl sites for hydroxylation is 1. The lowest BCUT2D eigenvalue weighted by Gasteiger charge is -2.12. The van der Waals surface area contributed by atoms with E-state index in [0.717, 1.165) is 0 Å². The third kappa shape index (κ3) is 3.29. The molecule has 0 radical (unpaired) electrons. The summed E-state index contributed by atoms with van der Waals surface area (Å²) in [5, 5.41) is 9.66. The minimum Gasteiger partial charge on any atom is -0.491 e. The number of hydrogen-bond donors (Lipinski definition) is 1. The molecule has 0 saturated carbocycles. The molecule has 0 bridgehead atoms. The molecule has 1 heterocycles. The Balaban J connectivity index is 2.10. The van der Waals surface area contributed by atoms with Crippen molar-refractivity contribution in [3.8, 4) is 5.75 Å². The molecule has 0 saturated heterocycles. The minimum atomic E-state index is -0.999. The maximum absolute atomic E-state index is 11.2. The first-order valence-corrected chi connectivity index (χ1v) is 6.12. The molecule has 0 amide bonds. The molecule has 2 rings (SSSR count). The van der Waals surface area contributed by atoms with E-state index >= 15 is 0 Å². The lowest BCUT2D eigenvalue weighted by molar-refractivity contribution is -0.140. The predicted molar refractivity (Wildman–Crippen MR) is 70.8 cm³/mol. The van der Waals surface area contributed by atoms with Crippen LogP contribution >= 0.6 is 11.6 Å². The number of carboxylic acid groups (broad SMARTS) is 1. The van der Waals surface area contributed by atoms with Crippen molar-refractivity contribution in [2.75, 3.05) is 6.61 Å². The number of furan rings is 1. The zero-order valence-electron chi connectivity index (χ0n) is 10.3. The number of ether oxygens (including phenoxy) is 1. The Morgan fingerprint density at radius 3 is 2.68 bits per heavy atom. The molecule has 4 nitrogen and oxygen atoms in total. The number of rotatable bonds is 5.